The Kier molecular flexibility index (Phi) is 4.73. The summed E-state index contributed by atoms with van der Waals surface area (Å²) in [4.78, 5) is 43.1. The van der Waals surface area contributed by atoms with Crippen LogP contribution in [0.4, 0.5) is 0 Å². The average molecular weight is 380 g/mol. The molecule has 3 heterocycles. The van der Waals surface area contributed by atoms with E-state index in [-0.39, 0.29) is 6.61 Å². The van der Waals surface area contributed by atoms with E-state index in [0.717, 1.165) is 10.6 Å². The molecule has 13 heteroatoms. The molecule has 2 aliphatic heterocycles. The number of nitrogens with zero attached hydrogens (tertiary/aromatic N) is 1. The first kappa shape index (κ1) is 18.4. The molecule has 0 amide bonds. The Morgan fingerprint density at radius 3 is 2.76 bits per heavy atom. The van der Waals surface area contributed by atoms with Gasteiger partial charge >= 0.3 is 13.5 Å². The maximum atomic E-state index is 11.9. The number of nitrogens with one attached hydrogen (secondary N) is 1. The van der Waals surface area contributed by atoms with Crippen molar-refractivity contribution in [3.8, 4) is 0 Å². The lowest BCUT2D eigenvalue weighted by Gasteiger charge is -2.37. The van der Waals surface area contributed by atoms with Crippen molar-refractivity contribution in [2.45, 2.75) is 30.1 Å². The molecule has 2 fully saturated rings. The van der Waals surface area contributed by atoms with E-state index in [0.29, 0.717) is 0 Å². The topological polar surface area (TPSA) is 170 Å². The van der Waals surface area contributed by atoms with Crippen molar-refractivity contribution in [3.05, 3.63) is 33.1 Å². The summed E-state index contributed by atoms with van der Waals surface area (Å²) >= 11 is 0. The number of methoxy groups -OCH3 is 1. The molecular formula is C12H17N2O10P. The van der Waals surface area contributed by atoms with Crippen LogP contribution in [0, 0.1) is 0 Å². The second-order valence-corrected chi connectivity index (χ2v) is 6.97. The molecule has 1 aromatic heterocycles. The molecule has 0 aromatic carbocycles. The number of fused-ring (bicyclic) bond motifs is 2. The lowest BCUT2D eigenvalue weighted by atomic mass is 9.94. The number of H-pyrrole nitrogens is 1. The molecule has 25 heavy (non-hydrogen) atoms. The third-order valence-corrected chi connectivity index (χ3v) is 4.67. The second kappa shape index (κ2) is 6.41. The van der Waals surface area contributed by atoms with Gasteiger partial charge in [0.25, 0.3) is 5.56 Å². The number of rotatable bonds is 6. The second-order valence-electron chi connectivity index (χ2n) is 5.73. The lowest BCUT2D eigenvalue weighted by molar-refractivity contribution is -0.231. The minimum atomic E-state index is -4.84. The Hall–Kier alpha value is -1.37. The van der Waals surface area contributed by atoms with Gasteiger partial charge in [0.2, 0.25) is 0 Å². The average Bonchev–Trinajstić information content (AvgIpc) is 2.93. The largest absolute Gasteiger partial charge is 0.469 e. The van der Waals surface area contributed by atoms with Gasteiger partial charge in [-0.1, -0.05) is 0 Å². The number of ether oxygens (including phenoxy) is 3. The molecule has 4 N–H and O–H groups in total. The molecular weight excluding hydrogens is 363 g/mol. The number of phosphoric ester groups is 1. The number of hydrogen-bond acceptors (Lipinski definition) is 8. The minimum absolute atomic E-state index is 0.0364. The predicted molar refractivity (Wildman–Crippen MR) is 78.7 cm³/mol. The molecule has 0 saturated carbocycles. The quantitative estimate of drug-likeness (QED) is 0.393. The Balaban J connectivity index is 1.94. The highest BCUT2D eigenvalue weighted by Gasteiger charge is 2.67. The van der Waals surface area contributed by atoms with Crippen LogP contribution in [0.25, 0.3) is 0 Å². The van der Waals surface area contributed by atoms with E-state index in [2.05, 4.69) is 4.52 Å². The fourth-order valence-electron chi connectivity index (χ4n) is 3.08. The van der Waals surface area contributed by atoms with Gasteiger partial charge in [-0.05, 0) is 0 Å². The Bertz CT molecular complexity index is 802. The normalized spacial score (nSPS) is 34.6. The number of aliphatic hydroxyl groups excluding tert-OH is 1. The van der Waals surface area contributed by atoms with E-state index in [1.165, 1.54) is 13.3 Å². The molecule has 2 saturated heterocycles. The van der Waals surface area contributed by atoms with Crippen LogP contribution < -0.4 is 11.2 Å². The SMILES string of the molecule is COC[C@@H]1O[C@H]2[C@H](n3ccc(=O)[nH]c3=O)O[C@]1(COP(=O)(O)O)[C@H]2O. The number of aliphatic hydroxyl groups is 1. The summed E-state index contributed by atoms with van der Waals surface area (Å²) in [5, 5.41) is 10.5. The zero-order chi connectivity index (χ0) is 18.4. The van der Waals surface area contributed by atoms with E-state index in [4.69, 9.17) is 24.0 Å². The van der Waals surface area contributed by atoms with Gasteiger partial charge in [0.1, 0.15) is 18.3 Å². The number of phosphoric acid groups is 1. The van der Waals surface area contributed by atoms with E-state index < -0.39 is 55.8 Å². The molecule has 0 spiro atoms. The van der Waals surface area contributed by atoms with Crippen LogP contribution in [0.1, 0.15) is 6.23 Å². The van der Waals surface area contributed by atoms with Crippen molar-refractivity contribution in [2.24, 2.45) is 0 Å². The monoisotopic (exact) mass is 380 g/mol. The van der Waals surface area contributed by atoms with Crippen molar-refractivity contribution in [1.82, 2.24) is 9.55 Å². The Morgan fingerprint density at radius 1 is 1.44 bits per heavy atom. The van der Waals surface area contributed by atoms with E-state index >= 15 is 0 Å². The molecule has 0 aliphatic carbocycles. The molecule has 2 bridgehead atoms. The molecule has 1 aromatic rings. The molecule has 140 valence electrons. The standard InChI is InChI=1S/C12H17N2O10P/c1-21-4-6-12(5-22-25(18,19)20)9(16)8(23-6)10(24-12)14-3-2-7(15)13-11(14)17/h2-3,6,8-10,16H,4-5H2,1H3,(H,13,15,17)(H2,18,19,20)/t6-,8+,9-,10+,12-/m0/s1. The van der Waals surface area contributed by atoms with Gasteiger partial charge in [0, 0.05) is 19.4 Å². The van der Waals surface area contributed by atoms with Gasteiger partial charge < -0.3 is 29.1 Å². The first-order chi connectivity index (χ1) is 11.7. The predicted octanol–water partition coefficient (Wildman–Crippen LogP) is -2.31. The zero-order valence-electron chi connectivity index (χ0n) is 13.0. The van der Waals surface area contributed by atoms with E-state index in [1.807, 2.05) is 4.98 Å². The highest BCUT2D eigenvalue weighted by atomic mass is 31.2. The van der Waals surface area contributed by atoms with Gasteiger partial charge in [-0.15, -0.1) is 0 Å². The fraction of sp³-hybridized carbons (Fsp3) is 0.667. The van der Waals surface area contributed by atoms with Crippen LogP contribution in [0.2, 0.25) is 0 Å². The summed E-state index contributed by atoms with van der Waals surface area (Å²) in [6, 6.07) is 1.09. The van der Waals surface area contributed by atoms with Crippen molar-refractivity contribution < 1.29 is 38.2 Å². The zero-order valence-corrected chi connectivity index (χ0v) is 13.9. The fourth-order valence-corrected chi connectivity index (χ4v) is 3.45. The van der Waals surface area contributed by atoms with Crippen LogP contribution in [-0.4, -0.2) is 68.7 Å². The Labute approximate surface area is 140 Å². The van der Waals surface area contributed by atoms with Crippen LogP contribution in [0.15, 0.2) is 21.9 Å². The van der Waals surface area contributed by atoms with E-state index in [1.54, 1.807) is 0 Å². The van der Waals surface area contributed by atoms with Crippen LogP contribution in [0.5, 0.6) is 0 Å². The molecule has 0 radical (unpaired) electrons. The van der Waals surface area contributed by atoms with Crippen molar-refractivity contribution in [1.29, 1.82) is 0 Å². The maximum Gasteiger partial charge on any atom is 0.469 e. The van der Waals surface area contributed by atoms with Gasteiger partial charge in [0.05, 0.1) is 13.2 Å². The van der Waals surface area contributed by atoms with Crippen molar-refractivity contribution in [2.75, 3.05) is 20.3 Å². The molecule has 0 unspecified atom stereocenters. The van der Waals surface area contributed by atoms with Crippen LogP contribution in [-0.2, 0) is 23.3 Å². The summed E-state index contributed by atoms with van der Waals surface area (Å²) in [5.74, 6) is 0. The van der Waals surface area contributed by atoms with Crippen LogP contribution >= 0.6 is 7.82 Å². The summed E-state index contributed by atoms with van der Waals surface area (Å²) in [6.07, 6.45) is -3.19. The summed E-state index contributed by atoms with van der Waals surface area (Å²) < 4.78 is 32.9. The number of hydrogen-bond donors (Lipinski definition) is 4. The number of aromatic nitrogens is 2. The first-order valence-electron chi connectivity index (χ1n) is 7.20. The van der Waals surface area contributed by atoms with Gasteiger partial charge in [-0.2, -0.15) is 0 Å². The third-order valence-electron chi connectivity index (χ3n) is 4.20. The summed E-state index contributed by atoms with van der Waals surface area (Å²) in [6.45, 7) is -0.719. The minimum Gasteiger partial charge on any atom is -0.387 e. The smallest absolute Gasteiger partial charge is 0.387 e. The van der Waals surface area contributed by atoms with E-state index in [9.17, 15) is 19.3 Å². The van der Waals surface area contributed by atoms with Gasteiger partial charge in [-0.3, -0.25) is 18.9 Å². The van der Waals surface area contributed by atoms with Gasteiger partial charge in [0.15, 0.2) is 11.8 Å². The maximum absolute atomic E-state index is 11.9. The molecule has 2 aliphatic rings. The molecule has 5 atom stereocenters. The molecule has 12 nitrogen and oxygen atoms in total. The third kappa shape index (κ3) is 3.23. The number of aromatic amines is 1. The molecule has 3 rings (SSSR count). The highest BCUT2D eigenvalue weighted by molar-refractivity contribution is 7.46. The summed E-state index contributed by atoms with van der Waals surface area (Å²) in [5.41, 5.74) is -3.04. The van der Waals surface area contributed by atoms with Crippen molar-refractivity contribution >= 4 is 7.82 Å². The van der Waals surface area contributed by atoms with Crippen molar-refractivity contribution in [3.63, 3.8) is 0 Å². The Morgan fingerprint density at radius 2 is 2.16 bits per heavy atom. The first-order valence-corrected chi connectivity index (χ1v) is 8.73. The van der Waals surface area contributed by atoms with Crippen LogP contribution in [0.3, 0.4) is 0 Å². The summed E-state index contributed by atoms with van der Waals surface area (Å²) in [7, 11) is -3.46. The van der Waals surface area contributed by atoms with Gasteiger partial charge in [-0.25, -0.2) is 9.36 Å². The lowest BCUT2D eigenvalue weighted by Crippen LogP contribution is -2.53. The highest BCUT2D eigenvalue weighted by Crippen LogP contribution is 2.50.